The van der Waals surface area contributed by atoms with Gasteiger partial charge in [0.1, 0.15) is 11.4 Å². The van der Waals surface area contributed by atoms with E-state index in [0.717, 1.165) is 5.56 Å². The van der Waals surface area contributed by atoms with Crippen LogP contribution >= 0.6 is 46.4 Å². The van der Waals surface area contributed by atoms with Gasteiger partial charge in [-0.05, 0) is 36.8 Å². The van der Waals surface area contributed by atoms with Crippen molar-refractivity contribution in [2.45, 2.75) is 31.8 Å². The molecule has 2 aromatic carbocycles. The van der Waals surface area contributed by atoms with Gasteiger partial charge in [0.15, 0.2) is 5.78 Å². The molecule has 2 heterocycles. The Bertz CT molecular complexity index is 1030. The van der Waals surface area contributed by atoms with Gasteiger partial charge in [-0.15, -0.1) is 0 Å². The Hall–Kier alpha value is -1.46. The number of amides is 1. The largest absolute Gasteiger partial charge is 0.486 e. The number of Topliss-reactive ketones (excluding diaryl/α,β-unsaturated/α-hetero) is 1. The lowest BCUT2D eigenvalue weighted by atomic mass is 9.82. The number of hydrogen-bond donors (Lipinski definition) is 0. The van der Waals surface area contributed by atoms with Crippen LogP contribution in [0, 0.1) is 6.92 Å². The first kappa shape index (κ1) is 20.8. The van der Waals surface area contributed by atoms with Gasteiger partial charge in [-0.2, -0.15) is 0 Å². The zero-order valence-electron chi connectivity index (χ0n) is 15.5. The van der Waals surface area contributed by atoms with Crippen LogP contribution in [-0.4, -0.2) is 35.3 Å². The molecular weight excluding hydrogens is 456 g/mol. The summed E-state index contributed by atoms with van der Waals surface area (Å²) >= 11 is 24.5. The van der Waals surface area contributed by atoms with E-state index in [-0.39, 0.29) is 38.7 Å². The Kier molecular flexibility index (Phi) is 5.49. The lowest BCUT2D eigenvalue weighted by Gasteiger charge is -2.44. The van der Waals surface area contributed by atoms with Crippen molar-refractivity contribution in [3.05, 3.63) is 61.0 Å². The summed E-state index contributed by atoms with van der Waals surface area (Å²) in [5.74, 6) is 0.326. The molecule has 4 rings (SSSR count). The molecule has 2 aliphatic heterocycles. The molecule has 152 valence electrons. The smallest absolute Gasteiger partial charge is 0.256 e. The standard InChI is InChI=1S/C21H17Cl4NO3/c1-11-8-12(22)9-13-16(27)10-21(29-19(11)13)4-6-26(7-5-21)20(28)17-14(23)2-3-15(24)18(17)25/h2-3,8-9H,4-7,10H2,1H3. The second-order valence-corrected chi connectivity index (χ2v) is 9.12. The second kappa shape index (κ2) is 7.66. The molecule has 0 N–H and O–H groups in total. The van der Waals surface area contributed by atoms with E-state index in [2.05, 4.69) is 0 Å². The number of nitrogens with zero attached hydrogens (tertiary/aromatic N) is 1. The number of carbonyl (C=O) groups is 2. The molecule has 2 aliphatic rings. The number of piperidine rings is 1. The molecule has 0 aromatic heterocycles. The molecule has 0 atom stereocenters. The molecule has 0 unspecified atom stereocenters. The molecule has 0 saturated carbocycles. The van der Waals surface area contributed by atoms with E-state index >= 15 is 0 Å². The third kappa shape index (κ3) is 3.72. The minimum Gasteiger partial charge on any atom is -0.486 e. The lowest BCUT2D eigenvalue weighted by molar-refractivity contribution is -0.00615. The summed E-state index contributed by atoms with van der Waals surface area (Å²) < 4.78 is 6.33. The van der Waals surface area contributed by atoms with Crippen LogP contribution in [0.3, 0.4) is 0 Å². The molecule has 2 aromatic rings. The maximum atomic E-state index is 13.0. The van der Waals surface area contributed by atoms with Gasteiger partial charge in [-0.1, -0.05) is 46.4 Å². The Balaban J connectivity index is 1.55. The summed E-state index contributed by atoms with van der Waals surface area (Å²) in [7, 11) is 0. The van der Waals surface area contributed by atoms with Crippen molar-refractivity contribution in [3.8, 4) is 5.75 Å². The number of halogens is 4. The van der Waals surface area contributed by atoms with Crippen LogP contribution in [0.2, 0.25) is 20.1 Å². The summed E-state index contributed by atoms with van der Waals surface area (Å²) in [6.45, 7) is 2.72. The second-order valence-electron chi connectivity index (χ2n) is 7.49. The van der Waals surface area contributed by atoms with Crippen molar-refractivity contribution < 1.29 is 14.3 Å². The van der Waals surface area contributed by atoms with E-state index in [9.17, 15) is 9.59 Å². The molecule has 0 radical (unpaired) electrons. The first-order valence-electron chi connectivity index (χ1n) is 9.16. The van der Waals surface area contributed by atoms with Gasteiger partial charge >= 0.3 is 0 Å². The first-order valence-corrected chi connectivity index (χ1v) is 10.7. The average molecular weight is 473 g/mol. The number of hydrogen-bond acceptors (Lipinski definition) is 3. The molecule has 29 heavy (non-hydrogen) atoms. The number of fused-ring (bicyclic) bond motifs is 1. The van der Waals surface area contributed by atoms with Gasteiger partial charge in [0, 0.05) is 31.0 Å². The zero-order valence-corrected chi connectivity index (χ0v) is 18.6. The fourth-order valence-electron chi connectivity index (χ4n) is 3.99. The van der Waals surface area contributed by atoms with Crippen molar-refractivity contribution in [2.75, 3.05) is 13.1 Å². The van der Waals surface area contributed by atoms with Crippen molar-refractivity contribution >= 4 is 58.1 Å². The van der Waals surface area contributed by atoms with Gasteiger partial charge in [-0.3, -0.25) is 9.59 Å². The predicted octanol–water partition coefficient (Wildman–Crippen LogP) is 6.25. The number of likely N-dealkylation sites (tertiary alicyclic amines) is 1. The van der Waals surface area contributed by atoms with Crippen LogP contribution < -0.4 is 4.74 Å². The van der Waals surface area contributed by atoms with Crippen LogP contribution in [-0.2, 0) is 0 Å². The van der Waals surface area contributed by atoms with Gasteiger partial charge in [0.2, 0.25) is 0 Å². The minimum atomic E-state index is -0.624. The third-order valence-corrected chi connectivity index (χ3v) is 6.90. The maximum Gasteiger partial charge on any atom is 0.256 e. The Morgan fingerprint density at radius 1 is 1.07 bits per heavy atom. The van der Waals surface area contributed by atoms with E-state index < -0.39 is 5.60 Å². The summed E-state index contributed by atoms with van der Waals surface area (Å²) in [6, 6.07) is 6.55. The zero-order chi connectivity index (χ0) is 20.9. The van der Waals surface area contributed by atoms with Crippen LogP contribution in [0.1, 0.15) is 45.5 Å². The molecule has 0 aliphatic carbocycles. The number of carbonyl (C=O) groups excluding carboxylic acids is 2. The highest BCUT2D eigenvalue weighted by Crippen LogP contribution is 2.42. The Morgan fingerprint density at radius 3 is 2.41 bits per heavy atom. The van der Waals surface area contributed by atoms with Crippen LogP contribution in [0.15, 0.2) is 24.3 Å². The fraction of sp³-hybridized carbons (Fsp3) is 0.333. The Morgan fingerprint density at radius 2 is 1.72 bits per heavy atom. The highest BCUT2D eigenvalue weighted by molar-refractivity contribution is 6.46. The SMILES string of the molecule is Cc1cc(Cl)cc2c1OC1(CCN(C(=O)c3c(Cl)ccc(Cl)c3Cl)CC1)CC2=O. The van der Waals surface area contributed by atoms with E-state index in [4.69, 9.17) is 51.1 Å². The van der Waals surface area contributed by atoms with Crippen molar-refractivity contribution in [1.82, 2.24) is 4.90 Å². The molecule has 1 spiro atoms. The minimum absolute atomic E-state index is 0.0116. The molecule has 1 amide bonds. The Labute approximate surface area is 188 Å². The van der Waals surface area contributed by atoms with Gasteiger partial charge < -0.3 is 9.64 Å². The summed E-state index contributed by atoms with van der Waals surface area (Å²) in [5, 5.41) is 1.20. The van der Waals surface area contributed by atoms with Gasteiger partial charge in [-0.25, -0.2) is 0 Å². The van der Waals surface area contributed by atoms with Crippen LogP contribution in [0.4, 0.5) is 0 Å². The number of aryl methyl sites for hydroxylation is 1. The molecule has 0 bridgehead atoms. The topological polar surface area (TPSA) is 46.6 Å². The highest BCUT2D eigenvalue weighted by Gasteiger charge is 2.44. The summed E-state index contributed by atoms with van der Waals surface area (Å²) in [6.07, 6.45) is 1.32. The summed E-state index contributed by atoms with van der Waals surface area (Å²) in [5.41, 5.74) is 0.933. The third-order valence-electron chi connectivity index (χ3n) is 5.56. The van der Waals surface area contributed by atoms with Crippen LogP contribution in [0.25, 0.3) is 0 Å². The van der Waals surface area contributed by atoms with Crippen molar-refractivity contribution in [3.63, 3.8) is 0 Å². The number of ether oxygens (including phenoxy) is 1. The quantitative estimate of drug-likeness (QED) is 0.461. The van der Waals surface area contributed by atoms with E-state index in [1.165, 1.54) is 0 Å². The van der Waals surface area contributed by atoms with Gasteiger partial charge in [0.05, 0.1) is 32.6 Å². The molecule has 8 heteroatoms. The van der Waals surface area contributed by atoms with Gasteiger partial charge in [0.25, 0.3) is 5.91 Å². The maximum absolute atomic E-state index is 13.0. The van der Waals surface area contributed by atoms with Crippen LogP contribution in [0.5, 0.6) is 5.75 Å². The molecular formula is C21H17Cl4NO3. The monoisotopic (exact) mass is 471 g/mol. The van der Waals surface area contributed by atoms with E-state index in [1.54, 1.807) is 29.2 Å². The molecule has 1 fully saturated rings. The number of ketones is 1. The summed E-state index contributed by atoms with van der Waals surface area (Å²) in [4.78, 5) is 27.4. The first-order chi connectivity index (χ1) is 13.7. The number of rotatable bonds is 1. The van der Waals surface area contributed by atoms with E-state index in [1.807, 2.05) is 6.92 Å². The number of benzene rings is 2. The molecule has 4 nitrogen and oxygen atoms in total. The predicted molar refractivity (Wildman–Crippen MR) is 115 cm³/mol. The highest BCUT2D eigenvalue weighted by atomic mass is 35.5. The van der Waals surface area contributed by atoms with E-state index in [0.29, 0.717) is 42.3 Å². The van der Waals surface area contributed by atoms with Crippen molar-refractivity contribution in [1.29, 1.82) is 0 Å². The fourth-order valence-corrected chi connectivity index (χ4v) is 4.95. The molecule has 1 saturated heterocycles. The average Bonchev–Trinajstić information content (AvgIpc) is 2.67. The normalized spacial score (nSPS) is 17.8. The van der Waals surface area contributed by atoms with Crippen molar-refractivity contribution in [2.24, 2.45) is 0 Å². The lowest BCUT2D eigenvalue weighted by Crippen LogP contribution is -2.52.